The molecule has 1 aromatic heterocycles. The highest BCUT2D eigenvalue weighted by atomic mass is 32.1. The van der Waals surface area contributed by atoms with Crippen LogP contribution in [-0.2, 0) is 11.2 Å². The molecule has 1 amide bonds. The fourth-order valence-corrected chi connectivity index (χ4v) is 3.43. The van der Waals surface area contributed by atoms with E-state index in [9.17, 15) is 4.79 Å². The third-order valence-electron chi connectivity index (χ3n) is 3.84. The van der Waals surface area contributed by atoms with E-state index in [0.29, 0.717) is 6.54 Å². The lowest BCUT2D eigenvalue weighted by Crippen LogP contribution is -2.43. The lowest BCUT2D eigenvalue weighted by Gasteiger charge is -2.22. The summed E-state index contributed by atoms with van der Waals surface area (Å²) < 4.78 is 0. The molecule has 0 radical (unpaired) electrons. The first-order valence-electron chi connectivity index (χ1n) is 8.31. The summed E-state index contributed by atoms with van der Waals surface area (Å²) in [6.45, 7) is 6.70. The second-order valence-corrected chi connectivity index (χ2v) is 6.70. The van der Waals surface area contributed by atoms with Crippen molar-refractivity contribution in [2.45, 2.75) is 45.7 Å². The van der Waals surface area contributed by atoms with E-state index in [0.717, 1.165) is 12.8 Å². The lowest BCUT2D eigenvalue weighted by molar-refractivity contribution is -0.122. The average molecular weight is 330 g/mol. The Kier molecular flexibility index (Phi) is 6.81. The van der Waals surface area contributed by atoms with Crippen molar-refractivity contribution in [2.75, 3.05) is 6.54 Å². The van der Waals surface area contributed by atoms with Gasteiger partial charge in [0.2, 0.25) is 5.91 Å². The van der Waals surface area contributed by atoms with Crippen LogP contribution in [0, 0.1) is 0 Å². The molecule has 2 atom stereocenters. The van der Waals surface area contributed by atoms with Crippen LogP contribution in [0.3, 0.4) is 0 Å². The summed E-state index contributed by atoms with van der Waals surface area (Å²) in [5.74, 6) is 0.0386. The molecule has 0 saturated carbocycles. The normalized spacial score (nSPS) is 13.5. The molecule has 2 aromatic rings. The predicted octanol–water partition coefficient (Wildman–Crippen LogP) is 3.90. The highest BCUT2D eigenvalue weighted by molar-refractivity contribution is 7.10. The summed E-state index contributed by atoms with van der Waals surface area (Å²) in [5, 5.41) is 8.42. The molecule has 0 aliphatic rings. The van der Waals surface area contributed by atoms with Gasteiger partial charge in [-0.3, -0.25) is 10.1 Å². The van der Waals surface area contributed by atoms with Gasteiger partial charge in [0, 0.05) is 11.4 Å². The largest absolute Gasteiger partial charge is 0.355 e. The zero-order chi connectivity index (χ0) is 16.7. The quantitative estimate of drug-likeness (QED) is 0.770. The molecule has 4 heteroatoms. The van der Waals surface area contributed by atoms with Crippen LogP contribution in [0.2, 0.25) is 0 Å². The zero-order valence-corrected chi connectivity index (χ0v) is 15.0. The minimum atomic E-state index is -0.239. The van der Waals surface area contributed by atoms with Gasteiger partial charge in [0.25, 0.3) is 0 Å². The van der Waals surface area contributed by atoms with Crippen molar-refractivity contribution < 1.29 is 4.79 Å². The molecule has 1 heterocycles. The molecule has 0 aliphatic heterocycles. The van der Waals surface area contributed by atoms with Crippen molar-refractivity contribution in [1.29, 1.82) is 0 Å². The Balaban J connectivity index is 2.19. The number of rotatable bonds is 8. The molecule has 3 nitrogen and oxygen atoms in total. The Morgan fingerprint density at radius 3 is 2.48 bits per heavy atom. The van der Waals surface area contributed by atoms with E-state index in [4.69, 9.17) is 0 Å². The molecule has 1 aromatic carbocycles. The molecule has 0 spiro atoms. The molecule has 0 aliphatic carbocycles. The van der Waals surface area contributed by atoms with Crippen LogP contribution < -0.4 is 10.6 Å². The number of benzene rings is 1. The number of carbonyl (C=O) groups is 1. The van der Waals surface area contributed by atoms with Gasteiger partial charge in [0.15, 0.2) is 0 Å². The van der Waals surface area contributed by atoms with Gasteiger partial charge in [-0.15, -0.1) is 11.3 Å². The van der Waals surface area contributed by atoms with Crippen LogP contribution in [0.5, 0.6) is 0 Å². The van der Waals surface area contributed by atoms with Crippen LogP contribution in [0.25, 0.3) is 0 Å². The summed E-state index contributed by atoms with van der Waals surface area (Å²) in [6.07, 6.45) is 2.26. The van der Waals surface area contributed by atoms with Crippen LogP contribution in [-0.4, -0.2) is 18.5 Å². The van der Waals surface area contributed by atoms with Gasteiger partial charge in [0.1, 0.15) is 0 Å². The van der Waals surface area contributed by atoms with E-state index in [2.05, 4.69) is 59.3 Å². The van der Waals surface area contributed by atoms with Crippen LogP contribution in [0.4, 0.5) is 0 Å². The topological polar surface area (TPSA) is 41.1 Å². The van der Waals surface area contributed by atoms with Gasteiger partial charge in [-0.2, -0.15) is 0 Å². The van der Waals surface area contributed by atoms with Gasteiger partial charge in [-0.25, -0.2) is 0 Å². The predicted molar refractivity (Wildman–Crippen MR) is 97.9 cm³/mol. The number of hydrogen-bond acceptors (Lipinski definition) is 3. The van der Waals surface area contributed by atoms with E-state index < -0.39 is 0 Å². The standard InChI is InChI=1S/C19H26N2OS/c1-4-7-15-9-11-16(12-10-15)18(17-8-6-13-23-17)21-14(3)19(22)20-5-2/h6,8-14,18,21H,4-5,7H2,1-3H3,(H,20,22)/t14-,18+/m1/s1. The third-order valence-corrected chi connectivity index (χ3v) is 4.78. The number of amides is 1. The van der Waals surface area contributed by atoms with E-state index in [1.54, 1.807) is 11.3 Å². The zero-order valence-electron chi connectivity index (χ0n) is 14.1. The van der Waals surface area contributed by atoms with Gasteiger partial charge in [-0.1, -0.05) is 43.7 Å². The van der Waals surface area contributed by atoms with E-state index in [1.807, 2.05) is 13.8 Å². The number of thiophene rings is 1. The number of aryl methyl sites for hydroxylation is 1. The smallest absolute Gasteiger partial charge is 0.236 e. The molecule has 0 bridgehead atoms. The first-order chi connectivity index (χ1) is 11.2. The van der Waals surface area contributed by atoms with Crippen molar-refractivity contribution in [3.8, 4) is 0 Å². The Bertz CT molecular complexity index is 592. The van der Waals surface area contributed by atoms with Crippen molar-refractivity contribution in [3.63, 3.8) is 0 Å². The van der Waals surface area contributed by atoms with E-state index in [-0.39, 0.29) is 18.0 Å². The summed E-state index contributed by atoms with van der Waals surface area (Å²) in [5.41, 5.74) is 2.56. The Hall–Kier alpha value is -1.65. The lowest BCUT2D eigenvalue weighted by atomic mass is 10.0. The molecule has 2 rings (SSSR count). The van der Waals surface area contributed by atoms with Crippen LogP contribution in [0.15, 0.2) is 41.8 Å². The molecule has 124 valence electrons. The van der Waals surface area contributed by atoms with Gasteiger partial charge >= 0.3 is 0 Å². The fraction of sp³-hybridized carbons (Fsp3) is 0.421. The van der Waals surface area contributed by atoms with Crippen molar-refractivity contribution in [1.82, 2.24) is 10.6 Å². The third kappa shape index (κ3) is 4.91. The number of nitrogens with one attached hydrogen (secondary N) is 2. The van der Waals surface area contributed by atoms with E-state index >= 15 is 0 Å². The second-order valence-electron chi connectivity index (χ2n) is 5.72. The molecule has 0 saturated heterocycles. The number of carbonyl (C=O) groups excluding carboxylic acids is 1. The molecular formula is C19H26N2OS. The van der Waals surface area contributed by atoms with Crippen molar-refractivity contribution in [2.24, 2.45) is 0 Å². The van der Waals surface area contributed by atoms with Gasteiger partial charge < -0.3 is 5.32 Å². The summed E-state index contributed by atoms with van der Waals surface area (Å²) in [7, 11) is 0. The second kappa shape index (κ2) is 8.85. The van der Waals surface area contributed by atoms with Crippen molar-refractivity contribution >= 4 is 17.2 Å². The highest BCUT2D eigenvalue weighted by Gasteiger charge is 2.21. The molecule has 2 N–H and O–H groups in total. The average Bonchev–Trinajstić information content (AvgIpc) is 3.08. The Morgan fingerprint density at radius 1 is 1.17 bits per heavy atom. The molecule has 23 heavy (non-hydrogen) atoms. The summed E-state index contributed by atoms with van der Waals surface area (Å²) in [6, 6.07) is 12.7. The monoisotopic (exact) mass is 330 g/mol. The van der Waals surface area contributed by atoms with Gasteiger partial charge in [0.05, 0.1) is 12.1 Å². The Morgan fingerprint density at radius 2 is 1.91 bits per heavy atom. The highest BCUT2D eigenvalue weighted by Crippen LogP contribution is 2.27. The minimum Gasteiger partial charge on any atom is -0.355 e. The SMILES string of the molecule is CCCc1ccc([C@H](N[C@H](C)C(=O)NCC)c2cccs2)cc1. The summed E-state index contributed by atoms with van der Waals surface area (Å²) in [4.78, 5) is 13.3. The Labute approximate surface area is 143 Å². The maximum absolute atomic E-state index is 12.0. The first kappa shape index (κ1) is 17.7. The molecular weight excluding hydrogens is 304 g/mol. The van der Waals surface area contributed by atoms with Crippen molar-refractivity contribution in [3.05, 3.63) is 57.8 Å². The van der Waals surface area contributed by atoms with Crippen LogP contribution >= 0.6 is 11.3 Å². The van der Waals surface area contributed by atoms with E-state index in [1.165, 1.54) is 16.0 Å². The number of hydrogen-bond donors (Lipinski definition) is 2. The van der Waals surface area contributed by atoms with Gasteiger partial charge in [-0.05, 0) is 42.8 Å². The first-order valence-corrected chi connectivity index (χ1v) is 9.19. The maximum atomic E-state index is 12.0. The molecule has 0 fully saturated rings. The molecule has 0 unspecified atom stereocenters. The fourth-order valence-electron chi connectivity index (χ4n) is 2.62. The summed E-state index contributed by atoms with van der Waals surface area (Å²) >= 11 is 1.71. The van der Waals surface area contributed by atoms with Crippen LogP contribution in [0.1, 0.15) is 49.2 Å². The maximum Gasteiger partial charge on any atom is 0.236 e. The minimum absolute atomic E-state index is 0.0386. The number of likely N-dealkylation sites (N-methyl/N-ethyl adjacent to an activating group) is 1.